The third-order valence-electron chi connectivity index (χ3n) is 4.95. The number of primary amides is 1. The molecule has 0 unspecified atom stereocenters. The molecule has 7 nitrogen and oxygen atoms in total. The summed E-state index contributed by atoms with van der Waals surface area (Å²) in [6.07, 6.45) is 0. The van der Waals surface area contributed by atoms with Gasteiger partial charge < -0.3 is 10.5 Å². The molecule has 180 valence electrons. The Morgan fingerprint density at radius 2 is 1.78 bits per heavy atom. The maximum absolute atomic E-state index is 11.3. The Kier molecular flexibility index (Phi) is 8.23. The van der Waals surface area contributed by atoms with Gasteiger partial charge in [0.05, 0.1) is 40.1 Å². The first kappa shape index (κ1) is 25.3. The van der Waals surface area contributed by atoms with Crippen LogP contribution in [0.1, 0.15) is 5.56 Å². The van der Waals surface area contributed by atoms with Gasteiger partial charge in [-0.3, -0.25) is 9.36 Å². The maximum Gasteiger partial charge on any atom is 0.227 e. The predicted molar refractivity (Wildman–Crippen MR) is 145 cm³/mol. The Balaban J connectivity index is 0.000000325. The van der Waals surface area contributed by atoms with Crippen molar-refractivity contribution in [1.29, 1.82) is 5.26 Å². The van der Waals surface area contributed by atoms with Gasteiger partial charge in [0.1, 0.15) is 5.75 Å². The van der Waals surface area contributed by atoms with Crippen molar-refractivity contribution in [3.8, 4) is 28.2 Å². The van der Waals surface area contributed by atoms with Gasteiger partial charge in [0.2, 0.25) is 5.91 Å². The van der Waals surface area contributed by atoms with E-state index in [9.17, 15) is 4.79 Å². The lowest BCUT2D eigenvalue weighted by atomic mass is 10.2. The van der Waals surface area contributed by atoms with Crippen LogP contribution in [-0.4, -0.2) is 33.5 Å². The molecule has 0 radical (unpaired) electrons. The topological polar surface area (TPSA) is 107 Å². The minimum atomic E-state index is -0.421. The van der Waals surface area contributed by atoms with E-state index in [0.29, 0.717) is 21.6 Å². The zero-order valence-corrected chi connectivity index (χ0v) is 21.5. The van der Waals surface area contributed by atoms with Crippen molar-refractivity contribution in [2.75, 3.05) is 12.9 Å². The quantitative estimate of drug-likeness (QED) is 0.270. The minimum Gasteiger partial charge on any atom is -0.497 e. The summed E-state index contributed by atoms with van der Waals surface area (Å²) in [5.41, 5.74) is 6.86. The third kappa shape index (κ3) is 5.69. The van der Waals surface area contributed by atoms with Gasteiger partial charge in [0.25, 0.3) is 0 Å². The van der Waals surface area contributed by atoms with E-state index in [-0.39, 0.29) is 5.75 Å². The van der Waals surface area contributed by atoms with E-state index in [0.717, 1.165) is 26.4 Å². The second-order valence-electron chi connectivity index (χ2n) is 7.31. The number of nitrogens with two attached hydrogens (primary N) is 1. The number of aromatic nitrogens is 3. The van der Waals surface area contributed by atoms with E-state index in [1.807, 2.05) is 77.4 Å². The number of carbonyl (C=O) groups is 1. The first-order valence-corrected chi connectivity index (χ1v) is 12.8. The fraction of sp³-hybridized carbons (Fsp3) is 0.0769. The molecule has 1 amide bonds. The molecule has 0 saturated heterocycles. The van der Waals surface area contributed by atoms with E-state index in [4.69, 9.17) is 27.3 Å². The summed E-state index contributed by atoms with van der Waals surface area (Å²) >= 11 is 9.45. The molecule has 5 aromatic rings. The van der Waals surface area contributed by atoms with Crippen LogP contribution in [-0.2, 0) is 4.79 Å². The highest BCUT2D eigenvalue weighted by Crippen LogP contribution is 2.42. The molecular weight excluding hydrogens is 514 g/mol. The van der Waals surface area contributed by atoms with Gasteiger partial charge in [0.15, 0.2) is 11.0 Å². The second kappa shape index (κ2) is 11.7. The average molecular weight is 534 g/mol. The molecule has 10 heteroatoms. The highest BCUT2D eigenvalue weighted by Gasteiger charge is 2.22. The zero-order valence-electron chi connectivity index (χ0n) is 19.1. The largest absolute Gasteiger partial charge is 0.497 e. The first-order valence-electron chi connectivity index (χ1n) is 10.6. The molecule has 0 bridgehead atoms. The normalized spacial score (nSPS) is 10.4. The summed E-state index contributed by atoms with van der Waals surface area (Å²) in [6.45, 7) is 0. The van der Waals surface area contributed by atoms with Gasteiger partial charge in [-0.15, -0.1) is 21.5 Å². The summed E-state index contributed by atoms with van der Waals surface area (Å²) in [4.78, 5) is 12.1. The Bertz CT molecular complexity index is 1530. The summed E-state index contributed by atoms with van der Waals surface area (Å²) in [7, 11) is 1.62. The number of methoxy groups -OCH3 is 1. The molecule has 0 aliphatic carbocycles. The Morgan fingerprint density at radius 3 is 2.39 bits per heavy atom. The highest BCUT2D eigenvalue weighted by atomic mass is 35.5. The number of nitriles is 1. The lowest BCUT2D eigenvalue weighted by Crippen LogP contribution is -2.13. The van der Waals surface area contributed by atoms with Crippen LogP contribution in [0.25, 0.3) is 26.5 Å². The molecular formula is C26H20ClN5O2S2. The van der Waals surface area contributed by atoms with E-state index < -0.39 is 5.91 Å². The number of amides is 1. The van der Waals surface area contributed by atoms with Crippen LogP contribution < -0.4 is 10.5 Å². The molecule has 2 N–H and O–H groups in total. The molecule has 5 rings (SSSR count). The minimum absolute atomic E-state index is 0.106. The molecule has 2 aromatic heterocycles. The second-order valence-corrected chi connectivity index (χ2v) is 9.69. The van der Waals surface area contributed by atoms with Crippen molar-refractivity contribution in [2.24, 2.45) is 5.73 Å². The molecule has 0 aliphatic heterocycles. The number of nitrogens with zero attached hydrogens (tertiary/aromatic N) is 4. The van der Waals surface area contributed by atoms with Crippen LogP contribution in [0.2, 0.25) is 5.02 Å². The number of carbonyl (C=O) groups excluding carboxylic acids is 1. The van der Waals surface area contributed by atoms with Crippen LogP contribution in [0.15, 0.2) is 84.0 Å². The fourth-order valence-electron chi connectivity index (χ4n) is 3.28. The Labute approximate surface area is 221 Å². The van der Waals surface area contributed by atoms with Gasteiger partial charge in [-0.05, 0) is 42.5 Å². The van der Waals surface area contributed by atoms with Crippen molar-refractivity contribution < 1.29 is 9.53 Å². The molecule has 0 aliphatic rings. The SMILES string of the molecule is COc1ccc(-n2c(SCC(N)=O)nnc2-c2sc3ccccc3c2Cl)cc1.N#Cc1ccccc1. The molecule has 0 fully saturated rings. The number of hydrogen-bond acceptors (Lipinski definition) is 7. The van der Waals surface area contributed by atoms with Gasteiger partial charge >= 0.3 is 0 Å². The number of thioether (sulfide) groups is 1. The maximum atomic E-state index is 11.3. The Morgan fingerprint density at radius 1 is 1.08 bits per heavy atom. The lowest BCUT2D eigenvalue weighted by Gasteiger charge is -2.10. The highest BCUT2D eigenvalue weighted by molar-refractivity contribution is 7.99. The summed E-state index contributed by atoms with van der Waals surface area (Å²) in [5.74, 6) is 1.04. The van der Waals surface area contributed by atoms with Crippen LogP contribution in [0.3, 0.4) is 0 Å². The fourth-order valence-corrected chi connectivity index (χ4v) is 5.46. The van der Waals surface area contributed by atoms with Crippen molar-refractivity contribution in [3.63, 3.8) is 0 Å². The van der Waals surface area contributed by atoms with Gasteiger partial charge in [-0.25, -0.2) is 0 Å². The Hall–Kier alpha value is -3.84. The molecule has 0 atom stereocenters. The van der Waals surface area contributed by atoms with Gasteiger partial charge in [-0.2, -0.15) is 5.26 Å². The molecule has 0 spiro atoms. The third-order valence-corrected chi connectivity index (χ3v) is 7.57. The van der Waals surface area contributed by atoms with Crippen molar-refractivity contribution in [3.05, 3.63) is 89.4 Å². The van der Waals surface area contributed by atoms with Crippen LogP contribution >= 0.6 is 34.7 Å². The number of fused-ring (bicyclic) bond motifs is 1. The van der Waals surface area contributed by atoms with Crippen LogP contribution in [0, 0.1) is 11.3 Å². The standard InChI is InChI=1S/C19H15ClN4O2S2.C7H5N/c1-26-12-8-6-11(7-9-12)24-18(22-23-19(24)27-10-15(21)25)17-16(20)13-4-2-3-5-14(13)28-17;8-6-7-4-2-1-3-5-7/h2-9H,10H2,1H3,(H2,21,25);1-5H. The number of benzene rings is 3. The summed E-state index contributed by atoms with van der Waals surface area (Å²) < 4.78 is 8.19. The number of rotatable bonds is 6. The molecule has 0 saturated carbocycles. The number of halogens is 1. The van der Waals surface area contributed by atoms with Crippen LogP contribution in [0.5, 0.6) is 5.75 Å². The monoisotopic (exact) mass is 533 g/mol. The lowest BCUT2D eigenvalue weighted by molar-refractivity contribution is -0.115. The van der Waals surface area contributed by atoms with Crippen molar-refractivity contribution in [1.82, 2.24) is 14.8 Å². The average Bonchev–Trinajstić information content (AvgIpc) is 3.49. The number of hydrogen-bond donors (Lipinski definition) is 1. The smallest absolute Gasteiger partial charge is 0.227 e. The molecule has 36 heavy (non-hydrogen) atoms. The zero-order chi connectivity index (χ0) is 25.5. The predicted octanol–water partition coefficient (Wildman–Crippen LogP) is 5.95. The number of ether oxygens (including phenoxy) is 1. The van der Waals surface area contributed by atoms with E-state index in [1.54, 1.807) is 30.6 Å². The van der Waals surface area contributed by atoms with Gasteiger partial charge in [0, 0.05) is 10.1 Å². The van der Waals surface area contributed by atoms with E-state index in [2.05, 4.69) is 10.2 Å². The molecule has 2 heterocycles. The van der Waals surface area contributed by atoms with E-state index >= 15 is 0 Å². The first-order chi connectivity index (χ1) is 17.5. The van der Waals surface area contributed by atoms with Crippen LogP contribution in [0.4, 0.5) is 0 Å². The number of thiophene rings is 1. The molecule has 3 aromatic carbocycles. The van der Waals surface area contributed by atoms with Crippen molar-refractivity contribution >= 4 is 50.7 Å². The summed E-state index contributed by atoms with van der Waals surface area (Å²) in [6, 6.07) is 26.6. The van der Waals surface area contributed by atoms with Gasteiger partial charge in [-0.1, -0.05) is 59.8 Å². The van der Waals surface area contributed by atoms with E-state index in [1.165, 1.54) is 11.8 Å². The summed E-state index contributed by atoms with van der Waals surface area (Å²) in [5, 5.41) is 19.1. The van der Waals surface area contributed by atoms with Crippen molar-refractivity contribution in [2.45, 2.75) is 5.16 Å².